The minimum absolute atomic E-state index is 0.124. The van der Waals surface area contributed by atoms with Crippen molar-refractivity contribution in [2.24, 2.45) is 5.92 Å². The van der Waals surface area contributed by atoms with Crippen LogP contribution in [0.4, 0.5) is 0 Å². The molecule has 2 aromatic rings. The average Bonchev–Trinajstić information content (AvgIpc) is 3.07. The number of aromatic nitrogens is 1. The first-order valence-electron chi connectivity index (χ1n) is 8.09. The Labute approximate surface area is 140 Å². The van der Waals surface area contributed by atoms with Crippen LogP contribution < -0.4 is 0 Å². The SMILES string of the molecule is O=C(O)CC(c1ccccc1)C1CCN(Cc2cncs2)CC1. The molecule has 1 atom stereocenters. The van der Waals surface area contributed by atoms with Crippen LogP contribution in [0.5, 0.6) is 0 Å². The standard InChI is InChI=1S/C18H22N2O2S/c21-18(22)10-17(14-4-2-1-3-5-14)15-6-8-20(9-7-15)12-16-11-19-13-23-16/h1-5,11,13,15,17H,6-10,12H2,(H,21,22). The van der Waals surface area contributed by atoms with Crippen LogP contribution in [0.3, 0.4) is 0 Å². The Kier molecular flexibility index (Phi) is 5.41. The van der Waals surface area contributed by atoms with Crippen LogP contribution in [-0.4, -0.2) is 34.0 Å². The van der Waals surface area contributed by atoms with Crippen LogP contribution in [0.25, 0.3) is 0 Å². The molecule has 1 unspecified atom stereocenters. The summed E-state index contributed by atoms with van der Waals surface area (Å²) in [6, 6.07) is 10.1. The van der Waals surface area contributed by atoms with Crippen molar-refractivity contribution in [2.45, 2.75) is 31.7 Å². The van der Waals surface area contributed by atoms with Crippen molar-refractivity contribution in [3.05, 3.63) is 52.5 Å². The van der Waals surface area contributed by atoms with Gasteiger partial charge in [0.15, 0.2) is 0 Å². The lowest BCUT2D eigenvalue weighted by Gasteiger charge is -2.35. The van der Waals surface area contributed by atoms with E-state index in [1.165, 1.54) is 4.88 Å². The number of piperidine rings is 1. The first-order chi connectivity index (χ1) is 11.2. The van der Waals surface area contributed by atoms with Crippen molar-refractivity contribution in [1.82, 2.24) is 9.88 Å². The number of carbonyl (C=O) groups is 1. The van der Waals surface area contributed by atoms with Crippen LogP contribution in [0.15, 0.2) is 42.0 Å². The Balaban J connectivity index is 1.62. The Hall–Kier alpha value is -1.72. The summed E-state index contributed by atoms with van der Waals surface area (Å²) in [6.45, 7) is 3.03. The van der Waals surface area contributed by atoms with Crippen molar-refractivity contribution in [1.29, 1.82) is 0 Å². The van der Waals surface area contributed by atoms with E-state index in [-0.39, 0.29) is 12.3 Å². The summed E-state index contributed by atoms with van der Waals surface area (Å²) in [5.41, 5.74) is 3.04. The van der Waals surface area contributed by atoms with Crippen molar-refractivity contribution >= 4 is 17.3 Å². The van der Waals surface area contributed by atoms with E-state index in [0.717, 1.165) is 38.0 Å². The number of likely N-dealkylation sites (tertiary alicyclic amines) is 1. The molecule has 3 rings (SSSR count). The second-order valence-electron chi connectivity index (χ2n) is 6.20. The predicted octanol–water partition coefficient (Wildman–Crippen LogP) is 3.61. The first-order valence-corrected chi connectivity index (χ1v) is 8.97. The van der Waals surface area contributed by atoms with Crippen LogP contribution in [0.1, 0.15) is 35.6 Å². The number of thiazole rings is 1. The largest absolute Gasteiger partial charge is 0.481 e. The van der Waals surface area contributed by atoms with E-state index in [1.807, 2.05) is 29.9 Å². The van der Waals surface area contributed by atoms with E-state index in [2.05, 4.69) is 22.0 Å². The predicted molar refractivity (Wildman–Crippen MR) is 91.6 cm³/mol. The molecule has 0 spiro atoms. The van der Waals surface area contributed by atoms with Gasteiger partial charge in [-0.1, -0.05) is 30.3 Å². The summed E-state index contributed by atoms with van der Waals surface area (Å²) in [5, 5.41) is 9.28. The second kappa shape index (κ2) is 7.70. The number of benzene rings is 1. The summed E-state index contributed by atoms with van der Waals surface area (Å²) in [7, 11) is 0. The van der Waals surface area contributed by atoms with Gasteiger partial charge in [0.2, 0.25) is 0 Å². The summed E-state index contributed by atoms with van der Waals surface area (Å²) >= 11 is 1.70. The van der Waals surface area contributed by atoms with Gasteiger partial charge in [0, 0.05) is 17.6 Å². The molecule has 5 heteroatoms. The molecule has 0 saturated carbocycles. The van der Waals surface area contributed by atoms with Crippen molar-refractivity contribution < 1.29 is 9.90 Å². The van der Waals surface area contributed by atoms with Crippen LogP contribution in [0.2, 0.25) is 0 Å². The van der Waals surface area contributed by atoms with E-state index in [0.29, 0.717) is 5.92 Å². The van der Waals surface area contributed by atoms with Gasteiger partial charge in [-0.05, 0) is 43.3 Å². The molecule has 4 nitrogen and oxygen atoms in total. The van der Waals surface area contributed by atoms with E-state index in [1.54, 1.807) is 11.3 Å². The molecule has 0 bridgehead atoms. The number of hydrogen-bond donors (Lipinski definition) is 1. The monoisotopic (exact) mass is 330 g/mol. The molecule has 1 aromatic carbocycles. The maximum atomic E-state index is 11.3. The van der Waals surface area contributed by atoms with E-state index in [4.69, 9.17) is 0 Å². The zero-order valence-electron chi connectivity index (χ0n) is 13.1. The summed E-state index contributed by atoms with van der Waals surface area (Å²) in [6.07, 6.45) is 4.29. The maximum absolute atomic E-state index is 11.3. The average molecular weight is 330 g/mol. The first kappa shape index (κ1) is 16.1. The van der Waals surface area contributed by atoms with Gasteiger partial charge in [-0.2, -0.15) is 0 Å². The zero-order chi connectivity index (χ0) is 16.1. The molecule has 1 saturated heterocycles. The van der Waals surface area contributed by atoms with E-state index in [9.17, 15) is 9.90 Å². The lowest BCUT2D eigenvalue weighted by Crippen LogP contribution is -2.35. The molecule has 0 aliphatic carbocycles. The number of carboxylic acids is 1. The fraction of sp³-hybridized carbons (Fsp3) is 0.444. The topological polar surface area (TPSA) is 53.4 Å². The molecular formula is C18H22N2O2S. The van der Waals surface area contributed by atoms with Crippen molar-refractivity contribution in [3.8, 4) is 0 Å². The summed E-state index contributed by atoms with van der Waals surface area (Å²) in [5.74, 6) is -0.128. The molecule has 1 aromatic heterocycles. The van der Waals surface area contributed by atoms with E-state index < -0.39 is 5.97 Å². The van der Waals surface area contributed by atoms with E-state index >= 15 is 0 Å². The van der Waals surface area contributed by atoms with Gasteiger partial charge in [-0.3, -0.25) is 14.7 Å². The van der Waals surface area contributed by atoms with Gasteiger partial charge in [0.05, 0.1) is 11.9 Å². The third kappa shape index (κ3) is 4.39. The Morgan fingerprint density at radius 2 is 2.04 bits per heavy atom. The number of nitrogens with zero attached hydrogens (tertiary/aromatic N) is 2. The molecule has 122 valence electrons. The fourth-order valence-corrected chi connectivity index (χ4v) is 4.13. The van der Waals surface area contributed by atoms with Gasteiger partial charge >= 0.3 is 5.97 Å². The highest BCUT2D eigenvalue weighted by atomic mass is 32.1. The molecule has 1 aliphatic heterocycles. The Morgan fingerprint density at radius 1 is 1.30 bits per heavy atom. The number of hydrogen-bond acceptors (Lipinski definition) is 4. The van der Waals surface area contributed by atoms with Gasteiger partial charge in [0.1, 0.15) is 0 Å². The molecule has 23 heavy (non-hydrogen) atoms. The normalized spacial score (nSPS) is 17.9. The second-order valence-corrected chi connectivity index (χ2v) is 7.17. The number of aliphatic carboxylic acids is 1. The smallest absolute Gasteiger partial charge is 0.303 e. The van der Waals surface area contributed by atoms with Crippen molar-refractivity contribution in [3.63, 3.8) is 0 Å². The minimum Gasteiger partial charge on any atom is -0.481 e. The molecule has 0 amide bonds. The van der Waals surface area contributed by atoms with Gasteiger partial charge in [0.25, 0.3) is 0 Å². The third-order valence-electron chi connectivity index (χ3n) is 4.69. The van der Waals surface area contributed by atoms with Gasteiger partial charge < -0.3 is 5.11 Å². The lowest BCUT2D eigenvalue weighted by atomic mass is 9.78. The highest BCUT2D eigenvalue weighted by Crippen LogP contribution is 2.35. The Morgan fingerprint density at radius 3 is 2.65 bits per heavy atom. The summed E-state index contributed by atoms with van der Waals surface area (Å²) < 4.78 is 0. The molecule has 1 N–H and O–H groups in total. The molecule has 0 radical (unpaired) electrons. The molecule has 1 aliphatic rings. The van der Waals surface area contributed by atoms with Gasteiger partial charge in [-0.25, -0.2) is 0 Å². The molecule has 2 heterocycles. The number of carboxylic acid groups (broad SMARTS) is 1. The van der Waals surface area contributed by atoms with Gasteiger partial charge in [-0.15, -0.1) is 11.3 Å². The minimum atomic E-state index is -0.703. The lowest BCUT2D eigenvalue weighted by molar-refractivity contribution is -0.137. The fourth-order valence-electron chi connectivity index (χ4n) is 3.50. The highest BCUT2D eigenvalue weighted by molar-refractivity contribution is 7.09. The summed E-state index contributed by atoms with van der Waals surface area (Å²) in [4.78, 5) is 19.2. The van der Waals surface area contributed by atoms with Crippen LogP contribution >= 0.6 is 11.3 Å². The quantitative estimate of drug-likeness (QED) is 0.879. The number of rotatable bonds is 6. The molecule has 1 fully saturated rings. The van der Waals surface area contributed by atoms with Crippen molar-refractivity contribution in [2.75, 3.05) is 13.1 Å². The highest BCUT2D eigenvalue weighted by Gasteiger charge is 2.29. The third-order valence-corrected chi connectivity index (χ3v) is 5.45. The maximum Gasteiger partial charge on any atom is 0.303 e. The Bertz CT molecular complexity index is 607. The van der Waals surface area contributed by atoms with Crippen LogP contribution in [0, 0.1) is 5.92 Å². The zero-order valence-corrected chi connectivity index (χ0v) is 13.9. The molecular weight excluding hydrogens is 308 g/mol. The van der Waals surface area contributed by atoms with Crippen LogP contribution in [-0.2, 0) is 11.3 Å².